The van der Waals surface area contributed by atoms with Crippen molar-refractivity contribution in [2.24, 2.45) is 5.92 Å². The van der Waals surface area contributed by atoms with Crippen molar-refractivity contribution >= 4 is 18.1 Å². The first-order valence-corrected chi connectivity index (χ1v) is 17.9. The number of carbonyl (C=O) groups is 1. The molecule has 2 aliphatic heterocycles. The smallest absolute Gasteiger partial charge is 0.330 e. The molecule has 314 valence electrons. The Hall–Kier alpha value is -5.06. The average molecular weight is 817 g/mol. The highest BCUT2D eigenvalue weighted by Gasteiger charge is 2.55. The summed E-state index contributed by atoms with van der Waals surface area (Å²) in [5.74, 6) is -2.47. The van der Waals surface area contributed by atoms with E-state index in [4.69, 9.17) is 37.6 Å². The summed E-state index contributed by atoms with van der Waals surface area (Å²) in [5, 5.41) is 96.3. The Morgan fingerprint density at radius 3 is 2.09 bits per heavy atom. The molecule has 0 unspecified atom stereocenters. The number of fused-ring (bicyclic) bond motifs is 1. The Morgan fingerprint density at radius 1 is 0.810 bits per heavy atom. The maximum Gasteiger partial charge on any atom is 0.330 e. The summed E-state index contributed by atoms with van der Waals surface area (Å²) in [6.07, 6.45) is -15.8. The van der Waals surface area contributed by atoms with Crippen molar-refractivity contribution < 1.29 is 88.3 Å². The van der Waals surface area contributed by atoms with Gasteiger partial charge in [0.05, 0.1) is 51.6 Å². The molecular weight excluding hydrogens is 772 g/mol. The van der Waals surface area contributed by atoms with Crippen LogP contribution in [0.15, 0.2) is 63.5 Å². The van der Waals surface area contributed by atoms with Crippen molar-refractivity contribution in [2.45, 2.75) is 67.3 Å². The highest BCUT2D eigenvalue weighted by molar-refractivity contribution is 5.87. The molecule has 3 aromatic rings. The highest BCUT2D eigenvalue weighted by atomic mass is 16.7. The van der Waals surface area contributed by atoms with E-state index < -0.39 is 97.9 Å². The van der Waals surface area contributed by atoms with E-state index in [-0.39, 0.29) is 45.8 Å². The lowest BCUT2D eigenvalue weighted by Gasteiger charge is -2.49. The molecule has 9 N–H and O–H groups in total. The van der Waals surface area contributed by atoms with E-state index in [1.165, 1.54) is 69.9 Å². The molecule has 3 aliphatic rings. The first-order valence-electron chi connectivity index (χ1n) is 17.9. The number of carbonyl (C=O) groups excluding carboxylic acids is 1. The molecule has 2 fully saturated rings. The lowest BCUT2D eigenvalue weighted by atomic mass is 9.78. The Balaban J connectivity index is 1.23. The number of ether oxygens (including phenoxy) is 7. The third-order valence-corrected chi connectivity index (χ3v) is 10.2. The molecule has 1 aliphatic carbocycles. The number of phenols is 2. The van der Waals surface area contributed by atoms with E-state index in [9.17, 15) is 55.5 Å². The van der Waals surface area contributed by atoms with Crippen molar-refractivity contribution in [3.8, 4) is 34.3 Å². The van der Waals surface area contributed by atoms with Crippen LogP contribution in [0.4, 0.5) is 0 Å². The number of hydrogen-bond acceptors (Lipinski definition) is 19. The van der Waals surface area contributed by atoms with Crippen LogP contribution in [0.3, 0.4) is 0 Å². The van der Waals surface area contributed by atoms with Crippen molar-refractivity contribution in [3.63, 3.8) is 0 Å². The Bertz CT molecular complexity index is 2020. The SMILES string of the molecule is COC1=Cc2oc(-c3ccc(O)cc3)cc(=O)c2[C@@H](O)[C@@H]1[C@@H]1O[C@H](CO)[C@@H](O)[C@H](O)[C@H]1O[C@H]1O[C@H](COC(=O)/C=C\c2cc(OC)c(O)c(OC)c2)[C@@H](O)[C@H](O)[C@H]1O. The van der Waals surface area contributed by atoms with Gasteiger partial charge in [0.25, 0.3) is 0 Å². The number of rotatable bonds is 12. The molecule has 0 saturated carbocycles. The first kappa shape index (κ1) is 42.5. The molecule has 6 rings (SSSR count). The molecule has 0 bridgehead atoms. The lowest BCUT2D eigenvalue weighted by Crippen LogP contribution is -2.66. The zero-order valence-corrected chi connectivity index (χ0v) is 31.2. The van der Waals surface area contributed by atoms with Gasteiger partial charge in [0.1, 0.15) is 78.5 Å². The summed E-state index contributed by atoms with van der Waals surface area (Å²) in [5.41, 5.74) is -0.0778. The lowest BCUT2D eigenvalue weighted by molar-refractivity contribution is -0.346. The third-order valence-electron chi connectivity index (χ3n) is 10.2. The molecule has 2 aromatic carbocycles. The van der Waals surface area contributed by atoms with Crippen molar-refractivity contribution in [1.29, 1.82) is 0 Å². The quantitative estimate of drug-likeness (QED) is 0.0808. The Kier molecular flexibility index (Phi) is 13.1. The fourth-order valence-corrected chi connectivity index (χ4v) is 7.06. The fraction of sp³-hybridized carbons (Fsp3) is 0.436. The van der Waals surface area contributed by atoms with Crippen LogP contribution in [-0.2, 0) is 28.5 Å². The van der Waals surface area contributed by atoms with Gasteiger partial charge >= 0.3 is 5.97 Å². The van der Waals surface area contributed by atoms with E-state index in [1.54, 1.807) is 0 Å². The van der Waals surface area contributed by atoms with Crippen LogP contribution in [0.25, 0.3) is 23.5 Å². The van der Waals surface area contributed by atoms with Gasteiger partial charge in [-0.2, -0.15) is 0 Å². The second-order valence-corrected chi connectivity index (χ2v) is 13.7. The van der Waals surface area contributed by atoms with Crippen molar-refractivity contribution in [2.75, 3.05) is 34.5 Å². The molecule has 0 radical (unpaired) electrons. The standard InChI is InChI=1S/C39H44O19/c1-51-21-13-22-28(19(42)12-20(55-22)17-5-7-18(41)8-6-17)33(47)29(21)37-38(35(49)31(45)25(14-40)56-37)58-39-36(50)34(48)32(46)26(57-39)15-54-27(43)9-4-16-10-23(52-2)30(44)24(11-16)53-3/h4-13,25-26,29,31-41,44-50H,14-15H2,1-3H3/b9-4-/t25-,26-,29-,31-,32-,33-,34+,35+,36-,37+,38-,39-/m1/s1. The largest absolute Gasteiger partial charge is 0.508 e. The Labute approximate surface area is 329 Å². The monoisotopic (exact) mass is 816 g/mol. The molecule has 12 atom stereocenters. The van der Waals surface area contributed by atoms with Crippen LogP contribution in [0.2, 0.25) is 0 Å². The van der Waals surface area contributed by atoms with Crippen molar-refractivity contribution in [3.05, 3.63) is 81.4 Å². The highest BCUT2D eigenvalue weighted by Crippen LogP contribution is 2.44. The minimum atomic E-state index is -2.00. The van der Waals surface area contributed by atoms with Crippen LogP contribution < -0.4 is 14.9 Å². The van der Waals surface area contributed by atoms with Gasteiger partial charge in [-0.25, -0.2) is 4.79 Å². The molecule has 3 heterocycles. The second-order valence-electron chi connectivity index (χ2n) is 13.7. The van der Waals surface area contributed by atoms with Gasteiger partial charge < -0.3 is 83.5 Å². The van der Waals surface area contributed by atoms with Gasteiger partial charge in [-0.05, 0) is 48.0 Å². The second kappa shape index (κ2) is 17.8. The summed E-state index contributed by atoms with van der Waals surface area (Å²) < 4.78 is 44.7. The van der Waals surface area contributed by atoms with Crippen LogP contribution in [-0.4, -0.2) is 148 Å². The van der Waals surface area contributed by atoms with Gasteiger partial charge in [0.15, 0.2) is 23.2 Å². The summed E-state index contributed by atoms with van der Waals surface area (Å²) >= 11 is 0. The first-order chi connectivity index (χ1) is 27.7. The predicted octanol–water partition coefficient (Wildman–Crippen LogP) is -0.683. The molecule has 1 aromatic heterocycles. The summed E-state index contributed by atoms with van der Waals surface area (Å²) in [6.45, 7) is -1.50. The third kappa shape index (κ3) is 8.41. The fourth-order valence-electron chi connectivity index (χ4n) is 7.06. The summed E-state index contributed by atoms with van der Waals surface area (Å²) in [7, 11) is 3.90. The number of esters is 1. The minimum absolute atomic E-state index is 0.0168. The molecule has 19 heteroatoms. The molecule has 2 saturated heterocycles. The van der Waals surface area contributed by atoms with Gasteiger partial charge in [0.2, 0.25) is 5.75 Å². The number of aliphatic hydroxyl groups is 7. The minimum Gasteiger partial charge on any atom is -0.508 e. The summed E-state index contributed by atoms with van der Waals surface area (Å²) in [4.78, 5) is 26.2. The molecule has 58 heavy (non-hydrogen) atoms. The van der Waals surface area contributed by atoms with E-state index >= 15 is 0 Å². The molecular formula is C39H44O19. The number of phenolic OH excluding ortho intramolecular Hbond substituents is 2. The molecule has 19 nitrogen and oxygen atoms in total. The maximum atomic E-state index is 13.5. The van der Waals surface area contributed by atoms with E-state index in [0.29, 0.717) is 11.1 Å². The van der Waals surface area contributed by atoms with Crippen molar-refractivity contribution in [1.82, 2.24) is 0 Å². The van der Waals surface area contributed by atoms with Gasteiger partial charge in [0, 0.05) is 23.8 Å². The zero-order valence-electron chi connectivity index (χ0n) is 31.2. The van der Waals surface area contributed by atoms with Gasteiger partial charge in [-0.1, -0.05) is 0 Å². The maximum absolute atomic E-state index is 13.5. The topological polar surface area (TPSA) is 294 Å². The number of methoxy groups -OCH3 is 3. The summed E-state index contributed by atoms with van der Waals surface area (Å²) in [6, 6.07) is 9.79. The van der Waals surface area contributed by atoms with Gasteiger partial charge in [-0.15, -0.1) is 0 Å². The van der Waals surface area contributed by atoms with Crippen LogP contribution >= 0.6 is 0 Å². The van der Waals surface area contributed by atoms with E-state index in [2.05, 4.69) is 0 Å². The van der Waals surface area contributed by atoms with Crippen LogP contribution in [0, 0.1) is 5.92 Å². The zero-order chi connectivity index (χ0) is 42.0. The number of benzene rings is 2. The number of hydrogen-bond donors (Lipinski definition) is 9. The molecule has 0 amide bonds. The molecule has 0 spiro atoms. The average Bonchev–Trinajstić information content (AvgIpc) is 3.21. The van der Waals surface area contributed by atoms with Crippen LogP contribution in [0.1, 0.15) is 23.0 Å². The normalized spacial score (nSPS) is 31.0. The van der Waals surface area contributed by atoms with E-state index in [0.717, 1.165) is 12.1 Å². The number of aromatic hydroxyl groups is 2. The van der Waals surface area contributed by atoms with Gasteiger partial charge in [-0.3, -0.25) is 4.79 Å². The predicted molar refractivity (Wildman–Crippen MR) is 196 cm³/mol. The number of aliphatic hydroxyl groups excluding tert-OH is 7. The van der Waals surface area contributed by atoms with E-state index in [1.807, 2.05) is 0 Å². The van der Waals surface area contributed by atoms with Crippen LogP contribution in [0.5, 0.6) is 23.0 Å². The Morgan fingerprint density at radius 2 is 1.47 bits per heavy atom.